The normalized spacial score (nSPS) is 18.1. The zero-order valence-electron chi connectivity index (χ0n) is 11.3. The van der Waals surface area contributed by atoms with Crippen LogP contribution in [0.5, 0.6) is 0 Å². The van der Waals surface area contributed by atoms with E-state index in [-0.39, 0.29) is 16.0 Å². The smallest absolute Gasteiger partial charge is 0.243 e. The average Bonchev–Trinajstić information content (AvgIpc) is 2.47. The van der Waals surface area contributed by atoms with Crippen LogP contribution < -0.4 is 5.73 Å². The van der Waals surface area contributed by atoms with Crippen molar-refractivity contribution in [1.29, 1.82) is 0 Å². The van der Waals surface area contributed by atoms with Gasteiger partial charge in [-0.1, -0.05) is 30.4 Å². The summed E-state index contributed by atoms with van der Waals surface area (Å²) in [7, 11) is -1.91. The molecule has 0 amide bonds. The number of sulfonamides is 1. The molecule has 1 aromatic carbocycles. The van der Waals surface area contributed by atoms with Gasteiger partial charge in [-0.05, 0) is 18.9 Å². The summed E-state index contributed by atoms with van der Waals surface area (Å²) in [5.74, 6) is 0. The number of methoxy groups -OCH3 is 1. The number of hydrogen-bond donors (Lipinski definition) is 1. The molecule has 0 aromatic heterocycles. The van der Waals surface area contributed by atoms with Crippen LogP contribution in [0, 0.1) is 0 Å². The van der Waals surface area contributed by atoms with Crippen LogP contribution in [0.4, 0.5) is 0 Å². The van der Waals surface area contributed by atoms with Gasteiger partial charge in [-0.15, -0.1) is 0 Å². The molecule has 2 rings (SSSR count). The van der Waals surface area contributed by atoms with Crippen molar-refractivity contribution in [2.75, 3.05) is 20.2 Å². The number of nitrogens with two attached hydrogens (primary N) is 1. The third kappa shape index (κ3) is 3.01. The van der Waals surface area contributed by atoms with E-state index in [1.165, 1.54) is 4.31 Å². The van der Waals surface area contributed by atoms with Crippen molar-refractivity contribution in [2.24, 2.45) is 5.73 Å². The molecular weight excluding hydrogens is 296 g/mol. The highest BCUT2D eigenvalue weighted by atomic mass is 32.2. The monoisotopic (exact) mass is 314 g/mol. The third-order valence-electron chi connectivity index (χ3n) is 3.50. The average molecular weight is 314 g/mol. The van der Waals surface area contributed by atoms with Gasteiger partial charge in [0.1, 0.15) is 4.99 Å². The van der Waals surface area contributed by atoms with Gasteiger partial charge in [-0.2, -0.15) is 4.31 Å². The van der Waals surface area contributed by atoms with Crippen LogP contribution in [0.1, 0.15) is 18.4 Å². The van der Waals surface area contributed by atoms with Gasteiger partial charge in [0.25, 0.3) is 0 Å². The van der Waals surface area contributed by atoms with Gasteiger partial charge in [0, 0.05) is 25.8 Å². The number of nitrogens with zero attached hydrogens (tertiary/aromatic N) is 1. The number of ether oxygens (including phenoxy) is 1. The molecule has 0 unspecified atom stereocenters. The van der Waals surface area contributed by atoms with E-state index in [1.54, 1.807) is 31.4 Å². The Bertz CT molecular complexity index is 593. The summed E-state index contributed by atoms with van der Waals surface area (Å²) >= 11 is 4.93. The molecule has 1 aliphatic rings. The van der Waals surface area contributed by atoms with Gasteiger partial charge < -0.3 is 10.5 Å². The maximum Gasteiger partial charge on any atom is 0.243 e. The van der Waals surface area contributed by atoms with E-state index in [4.69, 9.17) is 22.7 Å². The van der Waals surface area contributed by atoms with Crippen molar-refractivity contribution in [3.05, 3.63) is 29.8 Å². The first-order valence-electron chi connectivity index (χ1n) is 6.38. The zero-order chi connectivity index (χ0) is 14.8. The van der Waals surface area contributed by atoms with E-state index in [0.29, 0.717) is 31.5 Å². The lowest BCUT2D eigenvalue weighted by Crippen LogP contribution is -2.41. The van der Waals surface area contributed by atoms with Gasteiger partial charge in [0.2, 0.25) is 10.0 Å². The molecule has 1 heterocycles. The first-order chi connectivity index (χ1) is 9.46. The minimum absolute atomic E-state index is 0.0935. The molecule has 0 atom stereocenters. The summed E-state index contributed by atoms with van der Waals surface area (Å²) in [4.78, 5) is 0.277. The molecule has 0 bridgehead atoms. The molecule has 1 aliphatic heterocycles. The SMILES string of the molecule is COC1CCN(S(=O)(=O)c2ccccc2C(N)=S)CC1. The maximum absolute atomic E-state index is 12.7. The molecule has 0 radical (unpaired) electrons. The summed E-state index contributed by atoms with van der Waals surface area (Å²) < 4.78 is 32.1. The Kier molecular flexibility index (Phi) is 4.74. The number of hydrogen-bond acceptors (Lipinski definition) is 4. The Morgan fingerprint density at radius 1 is 1.35 bits per heavy atom. The van der Waals surface area contributed by atoms with Crippen molar-refractivity contribution in [3.63, 3.8) is 0 Å². The predicted octanol–water partition coefficient (Wildman–Crippen LogP) is 1.12. The standard InChI is InChI=1S/C13H18N2O3S2/c1-18-10-6-8-15(9-7-10)20(16,17)12-5-3-2-4-11(12)13(14)19/h2-5,10H,6-9H2,1H3,(H2,14,19). The highest BCUT2D eigenvalue weighted by Crippen LogP contribution is 2.24. The van der Waals surface area contributed by atoms with Crippen molar-refractivity contribution in [3.8, 4) is 0 Å². The fourth-order valence-electron chi connectivity index (χ4n) is 2.34. The summed E-state index contributed by atoms with van der Waals surface area (Å²) in [5, 5.41) is 0. The molecule has 7 heteroatoms. The number of thiocarbonyl (C=S) groups is 1. The fraction of sp³-hybridized carbons (Fsp3) is 0.462. The van der Waals surface area contributed by atoms with Crippen LogP contribution in [0.3, 0.4) is 0 Å². The highest BCUT2D eigenvalue weighted by Gasteiger charge is 2.31. The van der Waals surface area contributed by atoms with Crippen molar-refractivity contribution in [1.82, 2.24) is 4.31 Å². The Balaban J connectivity index is 2.30. The molecule has 0 saturated carbocycles. The Morgan fingerprint density at radius 2 is 1.95 bits per heavy atom. The second-order valence-corrected chi connectivity index (χ2v) is 7.05. The first kappa shape index (κ1) is 15.4. The van der Waals surface area contributed by atoms with E-state index in [9.17, 15) is 8.42 Å². The number of rotatable bonds is 4. The topological polar surface area (TPSA) is 72.6 Å². The van der Waals surface area contributed by atoms with E-state index >= 15 is 0 Å². The van der Waals surface area contributed by atoms with Gasteiger partial charge in [0.05, 0.1) is 11.0 Å². The predicted molar refractivity (Wildman–Crippen MR) is 81.1 cm³/mol. The Hall–Kier alpha value is -1.02. The minimum atomic E-state index is -3.56. The van der Waals surface area contributed by atoms with Gasteiger partial charge in [0.15, 0.2) is 0 Å². The molecule has 110 valence electrons. The summed E-state index contributed by atoms with van der Waals surface area (Å²) in [6, 6.07) is 6.59. The summed E-state index contributed by atoms with van der Waals surface area (Å²) in [6.45, 7) is 0.902. The second-order valence-electron chi connectivity index (χ2n) is 4.70. The van der Waals surface area contributed by atoms with Crippen molar-refractivity contribution < 1.29 is 13.2 Å². The van der Waals surface area contributed by atoms with Crippen LogP contribution in [-0.2, 0) is 14.8 Å². The summed E-state index contributed by atoms with van der Waals surface area (Å²) in [6.07, 6.45) is 1.53. The molecule has 0 aliphatic carbocycles. The molecule has 1 aromatic rings. The van der Waals surface area contributed by atoms with Crippen LogP contribution in [0.2, 0.25) is 0 Å². The number of benzene rings is 1. The second kappa shape index (κ2) is 6.17. The van der Waals surface area contributed by atoms with Crippen molar-refractivity contribution in [2.45, 2.75) is 23.8 Å². The lowest BCUT2D eigenvalue weighted by atomic mass is 10.1. The van der Waals surface area contributed by atoms with Crippen LogP contribution in [0.25, 0.3) is 0 Å². The van der Waals surface area contributed by atoms with E-state index < -0.39 is 10.0 Å². The molecule has 20 heavy (non-hydrogen) atoms. The highest BCUT2D eigenvalue weighted by molar-refractivity contribution is 7.89. The summed E-state index contributed by atoms with van der Waals surface area (Å²) in [5.41, 5.74) is 6.01. The van der Waals surface area contributed by atoms with Gasteiger partial charge in [-0.3, -0.25) is 0 Å². The molecule has 1 fully saturated rings. The van der Waals surface area contributed by atoms with E-state index in [0.717, 1.165) is 0 Å². The van der Waals surface area contributed by atoms with Gasteiger partial charge >= 0.3 is 0 Å². The fourth-order valence-corrected chi connectivity index (χ4v) is 4.26. The Morgan fingerprint density at radius 3 is 2.50 bits per heavy atom. The van der Waals surface area contributed by atoms with E-state index in [1.807, 2.05) is 0 Å². The van der Waals surface area contributed by atoms with Crippen molar-refractivity contribution >= 4 is 27.2 Å². The van der Waals surface area contributed by atoms with Crippen LogP contribution in [0.15, 0.2) is 29.2 Å². The van der Waals surface area contributed by atoms with Gasteiger partial charge in [-0.25, -0.2) is 8.42 Å². The quantitative estimate of drug-likeness (QED) is 0.843. The lowest BCUT2D eigenvalue weighted by Gasteiger charge is -2.30. The third-order valence-corrected chi connectivity index (χ3v) is 5.68. The van der Waals surface area contributed by atoms with Crippen LogP contribution in [-0.4, -0.2) is 44.0 Å². The minimum Gasteiger partial charge on any atom is -0.389 e. The first-order valence-corrected chi connectivity index (χ1v) is 8.23. The molecule has 2 N–H and O–H groups in total. The zero-order valence-corrected chi connectivity index (χ0v) is 12.9. The number of piperidine rings is 1. The lowest BCUT2D eigenvalue weighted by molar-refractivity contribution is 0.0604. The molecule has 0 spiro atoms. The molecule has 1 saturated heterocycles. The Labute approximate surface area is 124 Å². The largest absolute Gasteiger partial charge is 0.389 e. The molecule has 5 nitrogen and oxygen atoms in total. The maximum atomic E-state index is 12.7. The molecular formula is C13H18N2O3S2. The van der Waals surface area contributed by atoms with Crippen LogP contribution >= 0.6 is 12.2 Å². The van der Waals surface area contributed by atoms with E-state index in [2.05, 4.69) is 0 Å².